The fraction of sp³-hybridized carbons (Fsp3) is 0.231. The zero-order valence-electron chi connectivity index (χ0n) is 18.3. The summed E-state index contributed by atoms with van der Waals surface area (Å²) in [7, 11) is 0. The molecular weight excluding hydrogens is 402 g/mol. The molecule has 0 saturated carbocycles. The predicted molar refractivity (Wildman–Crippen MR) is 128 cm³/mol. The lowest BCUT2D eigenvalue weighted by Crippen LogP contribution is -2.52. The molecule has 1 aliphatic heterocycles. The van der Waals surface area contributed by atoms with Crippen molar-refractivity contribution in [3.8, 4) is 0 Å². The molecule has 0 radical (unpaired) electrons. The molecule has 4 rings (SSSR count). The van der Waals surface area contributed by atoms with E-state index in [0.717, 1.165) is 6.54 Å². The SMILES string of the molecule is Cc1cccc(N2CCN(c3ccc(NC(=O)c4ccccc4)cc3C(=O)O)C[C@H]2C)c1. The topological polar surface area (TPSA) is 72.9 Å². The van der Waals surface area contributed by atoms with Gasteiger partial charge < -0.3 is 20.2 Å². The summed E-state index contributed by atoms with van der Waals surface area (Å²) in [4.78, 5) is 28.9. The third kappa shape index (κ3) is 4.59. The van der Waals surface area contributed by atoms with Gasteiger partial charge in [-0.1, -0.05) is 30.3 Å². The molecule has 32 heavy (non-hydrogen) atoms. The molecule has 0 aromatic heterocycles. The summed E-state index contributed by atoms with van der Waals surface area (Å²) in [5.74, 6) is -1.28. The van der Waals surface area contributed by atoms with Crippen LogP contribution in [0.15, 0.2) is 72.8 Å². The predicted octanol–water partition coefficient (Wildman–Crippen LogP) is 4.66. The van der Waals surface area contributed by atoms with E-state index in [9.17, 15) is 14.7 Å². The van der Waals surface area contributed by atoms with E-state index < -0.39 is 5.97 Å². The van der Waals surface area contributed by atoms with Gasteiger partial charge in [0.2, 0.25) is 0 Å². The molecular formula is C26H27N3O3. The summed E-state index contributed by atoms with van der Waals surface area (Å²) >= 11 is 0. The van der Waals surface area contributed by atoms with E-state index in [0.29, 0.717) is 30.0 Å². The number of aromatic carboxylic acids is 1. The number of anilines is 3. The van der Waals surface area contributed by atoms with Gasteiger partial charge in [0.1, 0.15) is 0 Å². The second-order valence-corrected chi connectivity index (χ2v) is 8.18. The van der Waals surface area contributed by atoms with Gasteiger partial charge in [0.25, 0.3) is 5.91 Å². The number of aryl methyl sites for hydroxylation is 1. The van der Waals surface area contributed by atoms with Crippen molar-refractivity contribution in [2.75, 3.05) is 34.8 Å². The van der Waals surface area contributed by atoms with Gasteiger partial charge in [0.05, 0.1) is 11.3 Å². The molecule has 1 heterocycles. The van der Waals surface area contributed by atoms with Crippen LogP contribution in [-0.2, 0) is 0 Å². The van der Waals surface area contributed by atoms with E-state index in [1.165, 1.54) is 17.3 Å². The molecule has 3 aromatic carbocycles. The second-order valence-electron chi connectivity index (χ2n) is 8.18. The van der Waals surface area contributed by atoms with Crippen LogP contribution in [0.4, 0.5) is 17.1 Å². The Morgan fingerprint density at radius 1 is 0.969 bits per heavy atom. The maximum absolute atomic E-state index is 12.4. The molecule has 0 bridgehead atoms. The number of benzene rings is 3. The third-order valence-corrected chi connectivity index (χ3v) is 5.82. The standard InChI is InChI=1S/C26H27N3O3/c1-18-7-6-10-22(15-18)29-14-13-28(17-19(29)2)24-12-11-21(16-23(24)26(31)32)27-25(30)20-8-4-3-5-9-20/h3-12,15-16,19H,13-14,17H2,1-2H3,(H,27,30)(H,31,32)/t19-/m1/s1. The Morgan fingerprint density at radius 2 is 1.75 bits per heavy atom. The third-order valence-electron chi connectivity index (χ3n) is 5.82. The van der Waals surface area contributed by atoms with Crippen molar-refractivity contribution < 1.29 is 14.7 Å². The number of hydrogen-bond donors (Lipinski definition) is 2. The Bertz CT molecular complexity index is 1130. The molecule has 1 saturated heterocycles. The van der Waals surface area contributed by atoms with E-state index in [2.05, 4.69) is 53.2 Å². The van der Waals surface area contributed by atoms with Crippen LogP contribution in [0.1, 0.15) is 33.2 Å². The van der Waals surface area contributed by atoms with Crippen LogP contribution in [0, 0.1) is 6.92 Å². The number of carbonyl (C=O) groups is 2. The molecule has 0 aliphatic carbocycles. The highest BCUT2D eigenvalue weighted by atomic mass is 16.4. The normalized spacial score (nSPS) is 16.0. The van der Waals surface area contributed by atoms with Crippen LogP contribution in [0.3, 0.4) is 0 Å². The summed E-state index contributed by atoms with van der Waals surface area (Å²) in [6, 6.07) is 22.6. The zero-order valence-corrected chi connectivity index (χ0v) is 18.3. The molecule has 1 aliphatic rings. The molecule has 0 spiro atoms. The average molecular weight is 430 g/mol. The summed E-state index contributed by atoms with van der Waals surface area (Å²) in [6.07, 6.45) is 0. The summed E-state index contributed by atoms with van der Waals surface area (Å²) in [6.45, 7) is 6.47. The molecule has 2 N–H and O–H groups in total. The highest BCUT2D eigenvalue weighted by molar-refractivity contribution is 6.05. The van der Waals surface area contributed by atoms with E-state index in [4.69, 9.17) is 0 Å². The number of nitrogens with one attached hydrogen (secondary N) is 1. The van der Waals surface area contributed by atoms with E-state index >= 15 is 0 Å². The fourth-order valence-electron chi connectivity index (χ4n) is 4.22. The minimum atomic E-state index is -1.01. The van der Waals surface area contributed by atoms with Gasteiger partial charge in [-0.2, -0.15) is 0 Å². The Kier molecular flexibility index (Phi) is 6.12. The van der Waals surface area contributed by atoms with Crippen molar-refractivity contribution in [2.45, 2.75) is 19.9 Å². The minimum absolute atomic E-state index is 0.187. The van der Waals surface area contributed by atoms with Gasteiger partial charge in [0, 0.05) is 42.6 Å². The van der Waals surface area contributed by atoms with Gasteiger partial charge in [-0.25, -0.2) is 4.79 Å². The molecule has 1 atom stereocenters. The lowest BCUT2D eigenvalue weighted by molar-refractivity contribution is 0.0697. The van der Waals surface area contributed by atoms with Gasteiger partial charge in [-0.3, -0.25) is 4.79 Å². The molecule has 6 heteroatoms. The van der Waals surface area contributed by atoms with Crippen LogP contribution in [0.25, 0.3) is 0 Å². The molecule has 3 aromatic rings. The first kappa shape index (κ1) is 21.4. The molecule has 0 unspecified atom stereocenters. The first-order valence-electron chi connectivity index (χ1n) is 10.7. The van der Waals surface area contributed by atoms with E-state index in [1.54, 1.807) is 36.4 Å². The highest BCUT2D eigenvalue weighted by Gasteiger charge is 2.27. The minimum Gasteiger partial charge on any atom is -0.478 e. The van der Waals surface area contributed by atoms with Crippen molar-refractivity contribution >= 4 is 28.9 Å². The lowest BCUT2D eigenvalue weighted by atomic mass is 10.1. The van der Waals surface area contributed by atoms with Gasteiger partial charge >= 0.3 is 5.97 Å². The van der Waals surface area contributed by atoms with Crippen molar-refractivity contribution in [1.82, 2.24) is 0 Å². The van der Waals surface area contributed by atoms with E-state index in [-0.39, 0.29) is 17.5 Å². The number of rotatable bonds is 5. The second kappa shape index (κ2) is 9.14. The Hall–Kier alpha value is -3.80. The summed E-state index contributed by atoms with van der Waals surface area (Å²) in [5.41, 5.74) is 4.26. The van der Waals surface area contributed by atoms with Gasteiger partial charge in [0.15, 0.2) is 0 Å². The first-order chi connectivity index (χ1) is 15.4. The maximum atomic E-state index is 12.4. The zero-order chi connectivity index (χ0) is 22.7. The number of nitrogens with zero attached hydrogens (tertiary/aromatic N) is 2. The molecule has 1 fully saturated rings. The number of piperazine rings is 1. The number of hydrogen-bond acceptors (Lipinski definition) is 4. The summed E-state index contributed by atoms with van der Waals surface area (Å²) < 4.78 is 0. The summed E-state index contributed by atoms with van der Waals surface area (Å²) in [5, 5.41) is 12.6. The molecule has 1 amide bonds. The highest BCUT2D eigenvalue weighted by Crippen LogP contribution is 2.29. The average Bonchev–Trinajstić information content (AvgIpc) is 2.79. The monoisotopic (exact) mass is 429 g/mol. The van der Waals surface area contributed by atoms with Crippen LogP contribution in [0.5, 0.6) is 0 Å². The first-order valence-corrected chi connectivity index (χ1v) is 10.7. The van der Waals surface area contributed by atoms with Crippen molar-refractivity contribution in [2.24, 2.45) is 0 Å². The Morgan fingerprint density at radius 3 is 2.44 bits per heavy atom. The molecule has 164 valence electrons. The Labute approximate surface area is 188 Å². The van der Waals surface area contributed by atoms with Crippen LogP contribution >= 0.6 is 0 Å². The van der Waals surface area contributed by atoms with Crippen LogP contribution in [0.2, 0.25) is 0 Å². The van der Waals surface area contributed by atoms with Crippen molar-refractivity contribution in [3.63, 3.8) is 0 Å². The van der Waals surface area contributed by atoms with E-state index in [1.807, 2.05) is 6.07 Å². The van der Waals surface area contributed by atoms with Crippen LogP contribution in [-0.4, -0.2) is 42.7 Å². The number of carboxylic acids is 1. The number of carbonyl (C=O) groups excluding carboxylic acids is 1. The molecule has 6 nitrogen and oxygen atoms in total. The number of amides is 1. The maximum Gasteiger partial charge on any atom is 0.337 e. The number of carboxylic acid groups (broad SMARTS) is 1. The quantitative estimate of drug-likeness (QED) is 0.617. The van der Waals surface area contributed by atoms with Crippen LogP contribution < -0.4 is 15.1 Å². The van der Waals surface area contributed by atoms with Gasteiger partial charge in [-0.15, -0.1) is 0 Å². The van der Waals surface area contributed by atoms with Gasteiger partial charge in [-0.05, 0) is 61.9 Å². The van der Waals surface area contributed by atoms with Crippen molar-refractivity contribution in [3.05, 3.63) is 89.5 Å². The smallest absolute Gasteiger partial charge is 0.337 e. The fourth-order valence-corrected chi connectivity index (χ4v) is 4.22. The largest absolute Gasteiger partial charge is 0.478 e. The lowest BCUT2D eigenvalue weighted by Gasteiger charge is -2.42. The Balaban J connectivity index is 1.52. The van der Waals surface area contributed by atoms with Crippen molar-refractivity contribution in [1.29, 1.82) is 0 Å².